The molecule has 0 saturated heterocycles. The van der Waals surface area contributed by atoms with Crippen molar-refractivity contribution in [2.75, 3.05) is 12.3 Å². The van der Waals surface area contributed by atoms with E-state index in [-0.39, 0.29) is 16.5 Å². The molecule has 1 aromatic carbocycles. The number of nitrogens with one attached hydrogen (secondary N) is 1. The number of rotatable bonds is 4. The standard InChI is InChI=1S/C14H15N3O2S/c15-13-5-6-16-9-14(13)20(18,19)17-8-11-7-10-3-1-2-4-12(10)11/h1-6,9,11,17H,7-8H2,(H2,15,16). The van der Waals surface area contributed by atoms with Crippen LogP contribution in [0.15, 0.2) is 47.6 Å². The van der Waals surface area contributed by atoms with E-state index in [1.165, 1.54) is 29.6 Å². The van der Waals surface area contributed by atoms with E-state index in [1.54, 1.807) is 0 Å². The molecule has 104 valence electrons. The van der Waals surface area contributed by atoms with Gasteiger partial charge in [0.25, 0.3) is 0 Å². The van der Waals surface area contributed by atoms with Crippen LogP contribution in [0.3, 0.4) is 0 Å². The van der Waals surface area contributed by atoms with Crippen LogP contribution in [0.2, 0.25) is 0 Å². The average Bonchev–Trinajstić information content (AvgIpc) is 2.40. The molecule has 0 radical (unpaired) electrons. The Kier molecular flexibility index (Phi) is 3.19. The summed E-state index contributed by atoms with van der Waals surface area (Å²) in [6.07, 6.45) is 3.64. The molecule has 0 aliphatic heterocycles. The Bertz CT molecular complexity index is 744. The second-order valence-corrected chi connectivity index (χ2v) is 6.60. The highest BCUT2D eigenvalue weighted by Gasteiger charge is 2.27. The molecule has 0 spiro atoms. The largest absolute Gasteiger partial charge is 0.398 e. The number of fused-ring (bicyclic) bond motifs is 1. The lowest BCUT2D eigenvalue weighted by Crippen LogP contribution is -2.33. The SMILES string of the molecule is Nc1ccncc1S(=O)(=O)NCC1Cc2ccccc21. The fourth-order valence-electron chi connectivity index (χ4n) is 2.45. The molecule has 0 amide bonds. The van der Waals surface area contributed by atoms with Crippen molar-refractivity contribution >= 4 is 15.7 Å². The maximum absolute atomic E-state index is 12.2. The summed E-state index contributed by atoms with van der Waals surface area (Å²) < 4.78 is 27.0. The zero-order valence-electron chi connectivity index (χ0n) is 10.8. The third-order valence-electron chi connectivity index (χ3n) is 3.59. The summed E-state index contributed by atoms with van der Waals surface area (Å²) in [5.74, 6) is 0.235. The van der Waals surface area contributed by atoms with Gasteiger partial charge in [-0.05, 0) is 23.6 Å². The number of pyridine rings is 1. The number of hydrogen-bond acceptors (Lipinski definition) is 4. The number of aromatic nitrogens is 1. The summed E-state index contributed by atoms with van der Waals surface area (Å²) in [6, 6.07) is 9.55. The first-order chi connectivity index (χ1) is 9.58. The van der Waals surface area contributed by atoms with Gasteiger partial charge in [-0.2, -0.15) is 0 Å². The van der Waals surface area contributed by atoms with Crippen LogP contribution in [0.5, 0.6) is 0 Å². The van der Waals surface area contributed by atoms with Crippen LogP contribution in [0, 0.1) is 0 Å². The number of benzene rings is 1. The van der Waals surface area contributed by atoms with E-state index >= 15 is 0 Å². The second kappa shape index (κ2) is 4.88. The van der Waals surface area contributed by atoms with Gasteiger partial charge in [-0.3, -0.25) is 4.98 Å². The summed E-state index contributed by atoms with van der Waals surface area (Å²) in [5, 5.41) is 0. The number of nitrogens with two attached hydrogens (primary N) is 1. The van der Waals surface area contributed by atoms with E-state index in [9.17, 15) is 8.42 Å². The summed E-state index contributed by atoms with van der Waals surface area (Å²) >= 11 is 0. The van der Waals surface area contributed by atoms with Crippen LogP contribution in [0.4, 0.5) is 5.69 Å². The molecule has 1 aliphatic carbocycles. The zero-order chi connectivity index (χ0) is 14.2. The van der Waals surface area contributed by atoms with Gasteiger partial charge in [0.1, 0.15) is 4.90 Å². The quantitative estimate of drug-likeness (QED) is 0.888. The first kappa shape index (κ1) is 13.1. The monoisotopic (exact) mass is 289 g/mol. The minimum atomic E-state index is -3.60. The van der Waals surface area contributed by atoms with E-state index in [4.69, 9.17) is 5.73 Å². The molecule has 0 saturated carbocycles. The molecule has 1 aliphatic rings. The van der Waals surface area contributed by atoms with Gasteiger partial charge in [-0.15, -0.1) is 0 Å². The van der Waals surface area contributed by atoms with E-state index < -0.39 is 10.0 Å². The lowest BCUT2D eigenvalue weighted by molar-refractivity contribution is 0.552. The van der Waals surface area contributed by atoms with Gasteiger partial charge in [0, 0.05) is 24.9 Å². The molecule has 3 N–H and O–H groups in total. The Morgan fingerprint density at radius 2 is 2.10 bits per heavy atom. The van der Waals surface area contributed by atoms with Crippen LogP contribution >= 0.6 is 0 Å². The highest BCUT2D eigenvalue weighted by molar-refractivity contribution is 7.89. The molecule has 0 bridgehead atoms. The first-order valence-electron chi connectivity index (χ1n) is 6.35. The predicted molar refractivity (Wildman–Crippen MR) is 76.7 cm³/mol. The normalized spacial score (nSPS) is 17.3. The van der Waals surface area contributed by atoms with E-state index in [0.29, 0.717) is 6.54 Å². The minimum absolute atomic E-state index is 0.0348. The first-order valence-corrected chi connectivity index (χ1v) is 7.83. The zero-order valence-corrected chi connectivity index (χ0v) is 11.6. The summed E-state index contributed by atoms with van der Waals surface area (Å²) in [4.78, 5) is 3.84. The van der Waals surface area contributed by atoms with Crippen LogP contribution < -0.4 is 10.5 Å². The van der Waals surface area contributed by atoms with Crippen LogP contribution in [-0.2, 0) is 16.4 Å². The highest BCUT2D eigenvalue weighted by Crippen LogP contribution is 2.34. The molecule has 1 atom stereocenters. The van der Waals surface area contributed by atoms with E-state index in [2.05, 4.69) is 15.8 Å². The van der Waals surface area contributed by atoms with Crippen LogP contribution in [-0.4, -0.2) is 19.9 Å². The molecular formula is C14H15N3O2S. The summed E-state index contributed by atoms with van der Waals surface area (Å²) in [7, 11) is -3.60. The Hall–Kier alpha value is -1.92. The van der Waals surface area contributed by atoms with Crippen molar-refractivity contribution in [1.29, 1.82) is 0 Å². The topological polar surface area (TPSA) is 85.1 Å². The van der Waals surface area contributed by atoms with Crippen molar-refractivity contribution in [3.05, 3.63) is 53.9 Å². The third kappa shape index (κ3) is 2.28. The van der Waals surface area contributed by atoms with Crippen molar-refractivity contribution in [1.82, 2.24) is 9.71 Å². The predicted octanol–water partition coefficient (Wildman–Crippen LogP) is 1.28. The maximum atomic E-state index is 12.2. The number of anilines is 1. The van der Waals surface area contributed by atoms with Crippen LogP contribution in [0.1, 0.15) is 17.0 Å². The second-order valence-electron chi connectivity index (χ2n) is 4.87. The number of sulfonamides is 1. The Labute approximate surface area is 117 Å². The highest BCUT2D eigenvalue weighted by atomic mass is 32.2. The van der Waals surface area contributed by atoms with Crippen molar-refractivity contribution in [2.24, 2.45) is 0 Å². The van der Waals surface area contributed by atoms with Gasteiger partial charge >= 0.3 is 0 Å². The van der Waals surface area contributed by atoms with E-state index in [0.717, 1.165) is 6.42 Å². The van der Waals surface area contributed by atoms with Gasteiger partial charge in [-0.25, -0.2) is 13.1 Å². The number of hydrogen-bond donors (Lipinski definition) is 2. The molecule has 6 heteroatoms. The molecule has 3 rings (SSSR count). The molecule has 5 nitrogen and oxygen atoms in total. The van der Waals surface area contributed by atoms with Crippen molar-refractivity contribution < 1.29 is 8.42 Å². The minimum Gasteiger partial charge on any atom is -0.398 e. The number of nitrogens with zero attached hydrogens (tertiary/aromatic N) is 1. The van der Waals surface area contributed by atoms with Crippen molar-refractivity contribution in [3.8, 4) is 0 Å². The Morgan fingerprint density at radius 3 is 2.85 bits per heavy atom. The summed E-state index contributed by atoms with van der Waals surface area (Å²) in [6.45, 7) is 0.383. The smallest absolute Gasteiger partial charge is 0.244 e. The summed E-state index contributed by atoms with van der Waals surface area (Å²) in [5.41, 5.74) is 8.39. The molecular weight excluding hydrogens is 274 g/mol. The van der Waals surface area contributed by atoms with Gasteiger partial charge < -0.3 is 5.73 Å². The Morgan fingerprint density at radius 1 is 1.30 bits per heavy atom. The average molecular weight is 289 g/mol. The van der Waals surface area contributed by atoms with Crippen LogP contribution in [0.25, 0.3) is 0 Å². The fraction of sp³-hybridized carbons (Fsp3) is 0.214. The molecule has 20 heavy (non-hydrogen) atoms. The fourth-order valence-corrected chi connectivity index (χ4v) is 3.60. The van der Waals surface area contributed by atoms with Gasteiger partial charge in [-0.1, -0.05) is 24.3 Å². The number of nitrogen functional groups attached to an aromatic ring is 1. The lowest BCUT2D eigenvalue weighted by atomic mass is 9.78. The maximum Gasteiger partial charge on any atom is 0.244 e. The third-order valence-corrected chi connectivity index (χ3v) is 5.05. The Balaban J connectivity index is 1.72. The van der Waals surface area contributed by atoms with Gasteiger partial charge in [0.2, 0.25) is 10.0 Å². The van der Waals surface area contributed by atoms with Crippen molar-refractivity contribution in [3.63, 3.8) is 0 Å². The van der Waals surface area contributed by atoms with Gasteiger partial charge in [0.05, 0.1) is 5.69 Å². The molecule has 1 aromatic heterocycles. The molecule has 2 aromatic rings. The lowest BCUT2D eigenvalue weighted by Gasteiger charge is -2.30. The molecule has 1 heterocycles. The van der Waals surface area contributed by atoms with Gasteiger partial charge in [0.15, 0.2) is 0 Å². The van der Waals surface area contributed by atoms with Crippen molar-refractivity contribution in [2.45, 2.75) is 17.2 Å². The molecule has 1 unspecified atom stereocenters. The van der Waals surface area contributed by atoms with E-state index in [1.807, 2.05) is 18.2 Å². The molecule has 0 fully saturated rings.